The van der Waals surface area contributed by atoms with E-state index in [1.54, 1.807) is 6.08 Å². The number of allylic oxidation sites excluding steroid dienone is 4. The molecule has 178 valence electrons. The highest BCUT2D eigenvalue weighted by molar-refractivity contribution is 6.49. The van der Waals surface area contributed by atoms with Gasteiger partial charge in [0.1, 0.15) is 5.76 Å². The second-order valence-electron chi connectivity index (χ2n) is 9.70. The predicted molar refractivity (Wildman–Crippen MR) is 136 cm³/mol. The van der Waals surface area contributed by atoms with E-state index in [0.717, 1.165) is 22.9 Å². The molecule has 5 nitrogen and oxygen atoms in total. The number of carbonyl (C=O) groups is 2. The number of nitrogens with zero attached hydrogens (tertiary/aromatic N) is 1. The summed E-state index contributed by atoms with van der Waals surface area (Å²) >= 11 is 12.4. The second kappa shape index (κ2) is 9.06. The molecule has 0 saturated carbocycles. The standard InChI is InChI=1S/C26H27Cl2NO4Si/c1-6-34(32)13-15-11-17-25(33-15)29(12-14(2)3)20(26(17,4)5)10-7-16-23(30)21-18(27)8-9-19(28)22(21)24(16)31/h7-11,14H,6,12-13H2,1-5H3/b20-10+. The lowest BCUT2D eigenvalue weighted by Gasteiger charge is -2.28. The zero-order valence-corrected chi connectivity index (χ0v) is 22.4. The van der Waals surface area contributed by atoms with Gasteiger partial charge < -0.3 is 13.8 Å². The van der Waals surface area contributed by atoms with E-state index in [2.05, 4.69) is 32.6 Å². The Labute approximate surface area is 211 Å². The molecule has 8 heteroatoms. The van der Waals surface area contributed by atoms with Crippen molar-refractivity contribution in [3.8, 4) is 0 Å². The van der Waals surface area contributed by atoms with Crippen LogP contribution in [0.2, 0.25) is 16.1 Å². The third-order valence-corrected chi connectivity index (χ3v) is 8.54. The lowest BCUT2D eigenvalue weighted by Crippen LogP contribution is -2.29. The predicted octanol–water partition coefficient (Wildman–Crippen LogP) is 6.75. The van der Waals surface area contributed by atoms with Crippen molar-refractivity contribution < 1.29 is 18.5 Å². The van der Waals surface area contributed by atoms with Crippen molar-refractivity contribution in [2.45, 2.75) is 52.1 Å². The van der Waals surface area contributed by atoms with E-state index in [1.807, 2.05) is 19.1 Å². The molecule has 0 radical (unpaired) electrons. The number of anilines is 1. The van der Waals surface area contributed by atoms with Crippen LogP contribution in [0.15, 0.2) is 46.0 Å². The van der Waals surface area contributed by atoms with E-state index >= 15 is 0 Å². The van der Waals surface area contributed by atoms with E-state index in [9.17, 15) is 14.1 Å². The Morgan fingerprint density at radius 2 is 1.68 bits per heavy atom. The van der Waals surface area contributed by atoms with Crippen molar-refractivity contribution >= 4 is 49.3 Å². The fourth-order valence-corrected chi connectivity index (χ4v) is 5.90. The zero-order valence-electron chi connectivity index (χ0n) is 19.9. The summed E-state index contributed by atoms with van der Waals surface area (Å²) in [6.45, 7) is 11.0. The van der Waals surface area contributed by atoms with Crippen molar-refractivity contribution in [3.05, 3.63) is 74.1 Å². The Morgan fingerprint density at radius 3 is 2.21 bits per heavy atom. The highest BCUT2D eigenvalue weighted by Crippen LogP contribution is 2.50. The maximum atomic E-state index is 13.0. The molecule has 0 saturated heterocycles. The molecule has 1 aliphatic heterocycles. The number of benzene rings is 1. The number of Topliss-reactive ketones (excluding diaryl/α,β-unsaturated/α-hetero) is 2. The minimum atomic E-state index is -1.71. The van der Waals surface area contributed by atoms with Crippen LogP contribution < -0.4 is 4.90 Å². The number of rotatable bonds is 6. The summed E-state index contributed by atoms with van der Waals surface area (Å²) in [5.41, 5.74) is 1.87. The highest BCUT2D eigenvalue weighted by atomic mass is 35.5. The molecule has 0 unspecified atom stereocenters. The van der Waals surface area contributed by atoms with Crippen molar-refractivity contribution in [1.29, 1.82) is 0 Å². The van der Waals surface area contributed by atoms with Crippen LogP contribution in [-0.4, -0.2) is 26.8 Å². The first-order valence-electron chi connectivity index (χ1n) is 11.4. The van der Waals surface area contributed by atoms with Gasteiger partial charge in [0.25, 0.3) is 8.68 Å². The fraction of sp³-hybridized carbons (Fsp3) is 0.385. The first kappa shape index (κ1) is 24.8. The van der Waals surface area contributed by atoms with Crippen molar-refractivity contribution in [3.63, 3.8) is 0 Å². The molecule has 0 atom stereocenters. The van der Waals surface area contributed by atoms with Crippen molar-refractivity contribution in [1.82, 2.24) is 0 Å². The Morgan fingerprint density at radius 1 is 1.09 bits per heavy atom. The normalized spacial score (nSPS) is 17.7. The molecule has 0 amide bonds. The molecular formula is C26H27Cl2NO4Si. The van der Waals surface area contributed by atoms with Gasteiger partial charge in [0.2, 0.25) is 5.88 Å². The number of carbonyl (C=O) groups excluding carboxylic acids is 2. The van der Waals surface area contributed by atoms with Gasteiger partial charge >= 0.3 is 0 Å². The van der Waals surface area contributed by atoms with Gasteiger partial charge in [-0.1, -0.05) is 57.8 Å². The van der Waals surface area contributed by atoms with Gasteiger partial charge in [0.05, 0.1) is 32.8 Å². The van der Waals surface area contributed by atoms with Crippen LogP contribution in [0.4, 0.5) is 5.88 Å². The summed E-state index contributed by atoms with van der Waals surface area (Å²) in [6, 6.07) is 6.15. The van der Waals surface area contributed by atoms with Crippen LogP contribution >= 0.6 is 23.2 Å². The maximum absolute atomic E-state index is 13.0. The molecule has 2 aromatic rings. The Kier molecular flexibility index (Phi) is 6.62. The highest BCUT2D eigenvalue weighted by Gasteiger charge is 2.44. The maximum Gasteiger partial charge on any atom is 0.284 e. The summed E-state index contributed by atoms with van der Waals surface area (Å²) in [4.78, 5) is 28.2. The van der Waals surface area contributed by atoms with Crippen LogP contribution in [0.1, 0.15) is 66.7 Å². The van der Waals surface area contributed by atoms with Gasteiger partial charge in [0.15, 0.2) is 11.6 Å². The van der Waals surface area contributed by atoms with Gasteiger partial charge in [-0.2, -0.15) is 0 Å². The van der Waals surface area contributed by atoms with E-state index in [1.165, 1.54) is 12.1 Å². The van der Waals surface area contributed by atoms with Crippen LogP contribution in [0.5, 0.6) is 0 Å². The molecular weight excluding hydrogens is 489 g/mol. The van der Waals surface area contributed by atoms with Crippen LogP contribution in [0.25, 0.3) is 0 Å². The molecule has 1 aromatic heterocycles. The van der Waals surface area contributed by atoms with E-state index in [4.69, 9.17) is 27.6 Å². The quantitative estimate of drug-likeness (QED) is 0.241. The lowest BCUT2D eigenvalue weighted by atomic mass is 9.84. The lowest BCUT2D eigenvalue weighted by molar-refractivity contribution is 0.0989. The van der Waals surface area contributed by atoms with Crippen LogP contribution in [0.3, 0.4) is 0 Å². The topological polar surface area (TPSA) is 67.6 Å². The summed E-state index contributed by atoms with van der Waals surface area (Å²) in [5, 5.41) is 0.434. The number of hydrogen-bond donors (Lipinski definition) is 0. The third kappa shape index (κ3) is 4.06. The first-order chi connectivity index (χ1) is 16.0. The number of ketones is 2. The Balaban J connectivity index is 1.77. The fourth-order valence-electron chi connectivity index (χ4n) is 4.60. The SMILES string of the molecule is CC[Si](=O)Cc1cc2c(o1)N(CC(C)C)/C(=C/C=C1C(=O)c3c(Cl)ccc(Cl)c3C1=O)C2(C)C. The smallest absolute Gasteiger partial charge is 0.284 e. The molecule has 2 aliphatic rings. The summed E-state index contributed by atoms with van der Waals surface area (Å²) in [5.74, 6) is 0.967. The summed E-state index contributed by atoms with van der Waals surface area (Å²) < 4.78 is 18.4. The molecule has 1 aromatic carbocycles. The molecule has 0 fully saturated rings. The summed E-state index contributed by atoms with van der Waals surface area (Å²) in [6.07, 6.45) is 3.40. The van der Waals surface area contributed by atoms with E-state index in [-0.39, 0.29) is 26.7 Å². The molecule has 4 rings (SSSR count). The van der Waals surface area contributed by atoms with Crippen LogP contribution in [-0.2, 0) is 15.9 Å². The van der Waals surface area contributed by atoms with Crippen molar-refractivity contribution in [2.75, 3.05) is 11.4 Å². The molecule has 0 spiro atoms. The van der Waals surface area contributed by atoms with Gasteiger partial charge in [0, 0.05) is 23.2 Å². The average Bonchev–Trinajstić information content (AvgIpc) is 3.35. The molecule has 0 N–H and O–H groups in total. The first-order valence-corrected chi connectivity index (χ1v) is 14.0. The monoisotopic (exact) mass is 515 g/mol. The van der Waals surface area contributed by atoms with Crippen molar-refractivity contribution in [2.24, 2.45) is 5.92 Å². The van der Waals surface area contributed by atoms with Gasteiger partial charge in [-0.3, -0.25) is 9.59 Å². The molecule has 0 bridgehead atoms. The minimum absolute atomic E-state index is 0.0450. The Hall–Kier alpha value is -2.28. The van der Waals surface area contributed by atoms with Gasteiger partial charge in [-0.05, 0) is 42.3 Å². The van der Waals surface area contributed by atoms with E-state index in [0.29, 0.717) is 24.6 Å². The number of hydrogen-bond acceptors (Lipinski definition) is 5. The second-order valence-corrected chi connectivity index (χ2v) is 12.7. The third-order valence-electron chi connectivity index (χ3n) is 6.38. The minimum Gasteiger partial charge on any atom is -0.445 e. The molecule has 2 heterocycles. The largest absolute Gasteiger partial charge is 0.445 e. The van der Waals surface area contributed by atoms with Gasteiger partial charge in [-0.15, -0.1) is 0 Å². The zero-order chi connectivity index (χ0) is 24.9. The number of halogens is 2. The number of furan rings is 1. The average molecular weight is 516 g/mol. The molecule has 34 heavy (non-hydrogen) atoms. The molecule has 1 aliphatic carbocycles. The van der Waals surface area contributed by atoms with E-state index < -0.39 is 25.7 Å². The van der Waals surface area contributed by atoms with Crippen LogP contribution in [0, 0.1) is 5.92 Å². The van der Waals surface area contributed by atoms with Gasteiger partial charge in [-0.25, -0.2) is 0 Å². The summed E-state index contributed by atoms with van der Waals surface area (Å²) in [7, 11) is -1.71. The Bertz CT molecular complexity index is 1240. The number of fused-ring (bicyclic) bond motifs is 2.